The van der Waals surface area contributed by atoms with E-state index in [1.54, 1.807) is 6.08 Å². The van der Waals surface area contributed by atoms with Crippen LogP contribution in [0.3, 0.4) is 0 Å². The summed E-state index contributed by atoms with van der Waals surface area (Å²) in [7, 11) is 0. The van der Waals surface area contributed by atoms with E-state index >= 15 is 0 Å². The number of carbonyl (C=O) groups excluding carboxylic acids is 1. The number of hydrogen-bond donors (Lipinski definition) is 2. The van der Waals surface area contributed by atoms with Crippen LogP contribution in [0, 0.1) is 0 Å². The van der Waals surface area contributed by atoms with E-state index in [2.05, 4.69) is 11.9 Å². The van der Waals surface area contributed by atoms with E-state index in [0.29, 0.717) is 6.42 Å². The van der Waals surface area contributed by atoms with Gasteiger partial charge in [0.15, 0.2) is 0 Å². The van der Waals surface area contributed by atoms with Crippen molar-refractivity contribution < 1.29 is 4.79 Å². The Morgan fingerprint density at radius 1 is 1.82 bits per heavy atom. The maximum absolute atomic E-state index is 11.1. The molecule has 0 heterocycles. The zero-order chi connectivity index (χ0) is 8.85. The molecule has 3 heteroatoms. The van der Waals surface area contributed by atoms with Gasteiger partial charge in [-0.25, -0.2) is 0 Å². The van der Waals surface area contributed by atoms with Gasteiger partial charge in [0.25, 0.3) is 0 Å². The highest BCUT2D eigenvalue weighted by Gasteiger charge is 2.11. The molecular weight excluding hydrogens is 140 g/mol. The molecule has 0 aromatic carbocycles. The minimum atomic E-state index is -0.391. The number of rotatable bonds is 4. The fraction of sp³-hybridized carbons (Fsp3) is 0.625. The zero-order valence-electron chi connectivity index (χ0n) is 7.13. The Balaban J connectivity index is 3.76. The van der Waals surface area contributed by atoms with E-state index < -0.39 is 6.04 Å². The van der Waals surface area contributed by atoms with E-state index in [4.69, 9.17) is 5.73 Å². The molecular formula is C8H16N2O. The molecule has 64 valence electrons. The number of nitrogens with two attached hydrogens (primary N) is 1. The summed E-state index contributed by atoms with van der Waals surface area (Å²) in [4.78, 5) is 11.1. The molecule has 0 saturated heterocycles. The first-order chi connectivity index (χ1) is 5.11. The fourth-order valence-corrected chi connectivity index (χ4v) is 0.576. The van der Waals surface area contributed by atoms with E-state index in [9.17, 15) is 4.79 Å². The SMILES string of the molecule is C=CC(C)NC(=O)C(N)CC. The number of carbonyl (C=O) groups is 1. The Kier molecular flexibility index (Phi) is 4.54. The van der Waals surface area contributed by atoms with Crippen molar-refractivity contribution in [3.05, 3.63) is 12.7 Å². The molecule has 2 unspecified atom stereocenters. The number of amides is 1. The number of hydrogen-bond acceptors (Lipinski definition) is 2. The summed E-state index contributed by atoms with van der Waals surface area (Å²) in [5, 5.41) is 2.70. The van der Waals surface area contributed by atoms with Crippen LogP contribution < -0.4 is 11.1 Å². The first-order valence-corrected chi connectivity index (χ1v) is 3.80. The predicted octanol–water partition coefficient (Wildman–Crippen LogP) is 0.414. The quantitative estimate of drug-likeness (QED) is 0.579. The van der Waals surface area contributed by atoms with Gasteiger partial charge in [0.1, 0.15) is 0 Å². The lowest BCUT2D eigenvalue weighted by Crippen LogP contribution is -2.43. The van der Waals surface area contributed by atoms with Gasteiger partial charge in [-0.05, 0) is 13.3 Å². The molecule has 3 N–H and O–H groups in total. The molecule has 0 aliphatic rings. The minimum Gasteiger partial charge on any atom is -0.349 e. The summed E-state index contributed by atoms with van der Waals surface area (Å²) in [5.74, 6) is -0.111. The second-order valence-electron chi connectivity index (χ2n) is 2.55. The minimum absolute atomic E-state index is 0.0000926. The normalized spacial score (nSPS) is 15.2. The summed E-state index contributed by atoms with van der Waals surface area (Å²) in [6.45, 7) is 7.28. The van der Waals surface area contributed by atoms with Gasteiger partial charge in [0.2, 0.25) is 5.91 Å². The topological polar surface area (TPSA) is 55.1 Å². The second kappa shape index (κ2) is 4.91. The smallest absolute Gasteiger partial charge is 0.237 e. The lowest BCUT2D eigenvalue weighted by atomic mass is 10.2. The van der Waals surface area contributed by atoms with Crippen molar-refractivity contribution in [2.75, 3.05) is 0 Å². The predicted molar refractivity (Wildman–Crippen MR) is 46.1 cm³/mol. The molecule has 0 rings (SSSR count). The lowest BCUT2D eigenvalue weighted by Gasteiger charge is -2.12. The third-order valence-electron chi connectivity index (χ3n) is 1.50. The van der Waals surface area contributed by atoms with Crippen LogP contribution in [0.15, 0.2) is 12.7 Å². The first-order valence-electron chi connectivity index (χ1n) is 3.80. The Morgan fingerprint density at radius 3 is 2.73 bits per heavy atom. The van der Waals surface area contributed by atoms with Gasteiger partial charge < -0.3 is 11.1 Å². The molecule has 2 atom stereocenters. The standard InChI is InChI=1S/C8H16N2O/c1-4-6(3)10-8(11)7(9)5-2/h4,6-7H,1,5,9H2,2-3H3,(H,10,11). The van der Waals surface area contributed by atoms with Crippen molar-refractivity contribution >= 4 is 5.91 Å². The molecule has 0 aromatic rings. The van der Waals surface area contributed by atoms with E-state index in [0.717, 1.165) is 0 Å². The summed E-state index contributed by atoms with van der Waals surface area (Å²) in [6.07, 6.45) is 2.33. The van der Waals surface area contributed by atoms with E-state index in [1.807, 2.05) is 13.8 Å². The average molecular weight is 156 g/mol. The highest BCUT2D eigenvalue weighted by molar-refractivity contribution is 5.81. The van der Waals surface area contributed by atoms with Crippen LogP contribution in [0.4, 0.5) is 0 Å². The van der Waals surface area contributed by atoms with Crippen molar-refractivity contribution in [3.63, 3.8) is 0 Å². The maximum Gasteiger partial charge on any atom is 0.237 e. The van der Waals surface area contributed by atoms with Gasteiger partial charge in [0, 0.05) is 6.04 Å². The Labute approximate surface area is 67.7 Å². The molecule has 0 fully saturated rings. The third-order valence-corrected chi connectivity index (χ3v) is 1.50. The molecule has 0 aromatic heterocycles. The molecule has 0 spiro atoms. The molecule has 3 nitrogen and oxygen atoms in total. The monoisotopic (exact) mass is 156 g/mol. The Bertz CT molecular complexity index is 145. The van der Waals surface area contributed by atoms with Crippen LogP contribution in [0.1, 0.15) is 20.3 Å². The van der Waals surface area contributed by atoms with Crippen molar-refractivity contribution in [2.24, 2.45) is 5.73 Å². The highest BCUT2D eigenvalue weighted by Crippen LogP contribution is 1.88. The van der Waals surface area contributed by atoms with Gasteiger partial charge >= 0.3 is 0 Å². The summed E-state index contributed by atoms with van der Waals surface area (Å²) < 4.78 is 0. The third kappa shape index (κ3) is 3.78. The molecule has 0 aliphatic heterocycles. The number of nitrogens with one attached hydrogen (secondary N) is 1. The Morgan fingerprint density at radius 2 is 2.36 bits per heavy atom. The van der Waals surface area contributed by atoms with Gasteiger partial charge in [-0.15, -0.1) is 6.58 Å². The van der Waals surface area contributed by atoms with Crippen LogP contribution in [0.25, 0.3) is 0 Å². The van der Waals surface area contributed by atoms with Gasteiger partial charge in [-0.1, -0.05) is 13.0 Å². The molecule has 1 amide bonds. The average Bonchev–Trinajstić information content (AvgIpc) is 2.02. The Hall–Kier alpha value is -0.830. The van der Waals surface area contributed by atoms with Crippen LogP contribution in [0.2, 0.25) is 0 Å². The maximum atomic E-state index is 11.1. The van der Waals surface area contributed by atoms with Crippen LogP contribution in [-0.2, 0) is 4.79 Å². The molecule has 0 saturated carbocycles. The summed E-state index contributed by atoms with van der Waals surface area (Å²) in [5.41, 5.74) is 5.47. The highest BCUT2D eigenvalue weighted by atomic mass is 16.2. The van der Waals surface area contributed by atoms with Crippen LogP contribution in [-0.4, -0.2) is 18.0 Å². The molecule has 11 heavy (non-hydrogen) atoms. The molecule has 0 aliphatic carbocycles. The van der Waals surface area contributed by atoms with E-state index in [-0.39, 0.29) is 11.9 Å². The molecule has 0 bridgehead atoms. The van der Waals surface area contributed by atoms with Crippen LogP contribution >= 0.6 is 0 Å². The van der Waals surface area contributed by atoms with Crippen molar-refractivity contribution in [3.8, 4) is 0 Å². The largest absolute Gasteiger partial charge is 0.349 e. The summed E-state index contributed by atoms with van der Waals surface area (Å²) >= 11 is 0. The summed E-state index contributed by atoms with van der Waals surface area (Å²) in [6, 6.07) is -0.391. The fourth-order valence-electron chi connectivity index (χ4n) is 0.576. The van der Waals surface area contributed by atoms with Crippen molar-refractivity contribution in [1.82, 2.24) is 5.32 Å². The van der Waals surface area contributed by atoms with Gasteiger partial charge in [0.05, 0.1) is 6.04 Å². The lowest BCUT2D eigenvalue weighted by molar-refractivity contribution is -0.122. The molecule has 0 radical (unpaired) electrons. The van der Waals surface area contributed by atoms with E-state index in [1.165, 1.54) is 0 Å². The first kappa shape index (κ1) is 10.2. The zero-order valence-corrected chi connectivity index (χ0v) is 7.13. The van der Waals surface area contributed by atoms with Crippen LogP contribution in [0.5, 0.6) is 0 Å². The van der Waals surface area contributed by atoms with Gasteiger partial charge in [-0.2, -0.15) is 0 Å². The van der Waals surface area contributed by atoms with Crippen molar-refractivity contribution in [1.29, 1.82) is 0 Å². The van der Waals surface area contributed by atoms with Gasteiger partial charge in [-0.3, -0.25) is 4.79 Å². The van der Waals surface area contributed by atoms with Crippen molar-refractivity contribution in [2.45, 2.75) is 32.4 Å². The second-order valence-corrected chi connectivity index (χ2v) is 2.55.